The number of halogens is 1. The van der Waals surface area contributed by atoms with Gasteiger partial charge in [-0.15, -0.1) is 0 Å². The molecular weight excluding hydrogens is 352 g/mol. The molecule has 1 saturated heterocycles. The number of benzene rings is 1. The van der Waals surface area contributed by atoms with Gasteiger partial charge in [0.2, 0.25) is 0 Å². The second-order valence-electron chi connectivity index (χ2n) is 6.38. The van der Waals surface area contributed by atoms with E-state index in [1.54, 1.807) is 7.11 Å². The topological polar surface area (TPSA) is 25.4 Å². The molecule has 1 aromatic carbocycles. The second-order valence-corrected chi connectivity index (χ2v) is 7.29. The summed E-state index contributed by atoms with van der Waals surface area (Å²) in [6, 6.07) is 12.9. The smallest absolute Gasteiger partial charge is 0.118 e. The Labute approximate surface area is 146 Å². The molecule has 4 heteroatoms. The molecule has 1 fully saturated rings. The van der Waals surface area contributed by atoms with E-state index < -0.39 is 0 Å². The molecule has 0 N–H and O–H groups in total. The van der Waals surface area contributed by atoms with Crippen molar-refractivity contribution in [2.75, 3.05) is 13.7 Å². The van der Waals surface area contributed by atoms with Crippen molar-refractivity contribution in [3.8, 4) is 5.75 Å². The van der Waals surface area contributed by atoms with Gasteiger partial charge in [0, 0.05) is 16.7 Å². The van der Waals surface area contributed by atoms with E-state index in [-0.39, 0.29) is 5.54 Å². The van der Waals surface area contributed by atoms with Gasteiger partial charge in [0.05, 0.1) is 18.3 Å². The van der Waals surface area contributed by atoms with E-state index in [1.165, 1.54) is 12.0 Å². The molecule has 0 saturated carbocycles. The van der Waals surface area contributed by atoms with Gasteiger partial charge in [-0.3, -0.25) is 9.88 Å². The van der Waals surface area contributed by atoms with Crippen molar-refractivity contribution in [1.82, 2.24) is 9.88 Å². The molecule has 2 aromatic rings. The van der Waals surface area contributed by atoms with E-state index in [1.807, 2.05) is 24.4 Å². The van der Waals surface area contributed by atoms with Gasteiger partial charge in [0.25, 0.3) is 0 Å². The Morgan fingerprint density at radius 3 is 2.65 bits per heavy atom. The Morgan fingerprint density at radius 2 is 2.00 bits per heavy atom. The molecule has 0 spiro atoms. The monoisotopic (exact) mass is 374 g/mol. The second kappa shape index (κ2) is 6.62. The van der Waals surface area contributed by atoms with Gasteiger partial charge in [-0.1, -0.05) is 28.1 Å². The molecule has 0 radical (unpaired) electrons. The standard InChI is InChI=1S/C19H23BrN2O/c1-14(15-5-7-17(23-3)8-6-15)22-12-4-10-19(22,2)18-13-16(20)9-11-21-18/h5-9,11,13-14H,4,10,12H2,1-3H3/t14-,19+/m0/s1. The Bertz CT molecular complexity index is 673. The van der Waals surface area contributed by atoms with Crippen molar-refractivity contribution < 1.29 is 4.74 Å². The molecule has 1 aromatic heterocycles. The zero-order valence-corrected chi connectivity index (χ0v) is 15.5. The largest absolute Gasteiger partial charge is 0.497 e. The zero-order valence-electron chi connectivity index (χ0n) is 13.9. The maximum atomic E-state index is 5.27. The van der Waals surface area contributed by atoms with Crippen LogP contribution in [0.25, 0.3) is 0 Å². The summed E-state index contributed by atoms with van der Waals surface area (Å²) in [4.78, 5) is 7.23. The first kappa shape index (κ1) is 16.5. The molecule has 2 atom stereocenters. The summed E-state index contributed by atoms with van der Waals surface area (Å²) < 4.78 is 6.36. The van der Waals surface area contributed by atoms with E-state index in [4.69, 9.17) is 4.74 Å². The van der Waals surface area contributed by atoms with Crippen molar-refractivity contribution in [3.05, 3.63) is 58.3 Å². The van der Waals surface area contributed by atoms with Crippen LogP contribution in [-0.4, -0.2) is 23.5 Å². The summed E-state index contributed by atoms with van der Waals surface area (Å²) in [5, 5.41) is 0. The molecule has 0 unspecified atom stereocenters. The number of likely N-dealkylation sites (tertiary alicyclic amines) is 1. The molecular formula is C19H23BrN2O. The predicted octanol–water partition coefficient (Wildman–Crippen LogP) is 4.92. The fourth-order valence-electron chi connectivity index (χ4n) is 3.64. The molecule has 0 amide bonds. The van der Waals surface area contributed by atoms with Crippen LogP contribution in [0.1, 0.15) is 44.0 Å². The summed E-state index contributed by atoms with van der Waals surface area (Å²) in [6.45, 7) is 5.69. The predicted molar refractivity (Wildman–Crippen MR) is 96.6 cm³/mol. The minimum absolute atomic E-state index is 0.0247. The van der Waals surface area contributed by atoms with E-state index >= 15 is 0 Å². The fraction of sp³-hybridized carbons (Fsp3) is 0.421. The van der Waals surface area contributed by atoms with Crippen LogP contribution in [0.3, 0.4) is 0 Å². The molecule has 23 heavy (non-hydrogen) atoms. The molecule has 122 valence electrons. The highest BCUT2D eigenvalue weighted by atomic mass is 79.9. The molecule has 0 aliphatic carbocycles. The fourth-order valence-corrected chi connectivity index (χ4v) is 3.98. The van der Waals surface area contributed by atoms with Gasteiger partial charge >= 0.3 is 0 Å². The van der Waals surface area contributed by atoms with Gasteiger partial charge in [-0.25, -0.2) is 0 Å². The lowest BCUT2D eigenvalue weighted by Gasteiger charge is -2.39. The van der Waals surface area contributed by atoms with Crippen LogP contribution in [0.5, 0.6) is 5.75 Å². The first-order valence-electron chi connectivity index (χ1n) is 8.07. The first-order chi connectivity index (χ1) is 11.0. The summed E-state index contributed by atoms with van der Waals surface area (Å²) >= 11 is 3.58. The van der Waals surface area contributed by atoms with E-state index in [0.717, 1.165) is 28.9 Å². The van der Waals surface area contributed by atoms with Crippen LogP contribution >= 0.6 is 15.9 Å². The number of rotatable bonds is 4. The minimum Gasteiger partial charge on any atom is -0.497 e. The van der Waals surface area contributed by atoms with Gasteiger partial charge < -0.3 is 4.74 Å². The van der Waals surface area contributed by atoms with Crippen molar-refractivity contribution in [2.24, 2.45) is 0 Å². The number of ether oxygens (including phenoxy) is 1. The summed E-state index contributed by atoms with van der Waals surface area (Å²) in [5.74, 6) is 0.902. The van der Waals surface area contributed by atoms with E-state index in [9.17, 15) is 0 Å². The molecule has 3 nitrogen and oxygen atoms in total. The van der Waals surface area contributed by atoms with Crippen LogP contribution < -0.4 is 4.74 Å². The third kappa shape index (κ3) is 3.15. The highest BCUT2D eigenvalue weighted by molar-refractivity contribution is 9.10. The Kier molecular flexibility index (Phi) is 4.74. The van der Waals surface area contributed by atoms with Crippen molar-refractivity contribution >= 4 is 15.9 Å². The van der Waals surface area contributed by atoms with Crippen LogP contribution in [-0.2, 0) is 5.54 Å². The molecule has 0 bridgehead atoms. The van der Waals surface area contributed by atoms with Gasteiger partial charge in [0.15, 0.2) is 0 Å². The highest BCUT2D eigenvalue weighted by Crippen LogP contribution is 2.43. The average Bonchev–Trinajstić information content (AvgIpc) is 2.97. The Balaban J connectivity index is 1.90. The van der Waals surface area contributed by atoms with Gasteiger partial charge in [0.1, 0.15) is 5.75 Å². The molecule has 1 aliphatic rings. The minimum atomic E-state index is -0.0247. The summed E-state index contributed by atoms with van der Waals surface area (Å²) in [5.41, 5.74) is 2.43. The Morgan fingerprint density at radius 1 is 1.26 bits per heavy atom. The SMILES string of the molecule is COc1ccc([C@H](C)N2CCC[C@]2(C)c2cc(Br)ccn2)cc1. The highest BCUT2D eigenvalue weighted by Gasteiger charge is 2.41. The van der Waals surface area contributed by atoms with Crippen LogP contribution in [0, 0.1) is 0 Å². The maximum Gasteiger partial charge on any atom is 0.118 e. The number of hydrogen-bond donors (Lipinski definition) is 0. The normalized spacial score (nSPS) is 23.0. The van der Waals surface area contributed by atoms with Crippen LogP contribution in [0.2, 0.25) is 0 Å². The third-order valence-corrected chi connectivity index (χ3v) is 5.53. The number of methoxy groups -OCH3 is 1. The first-order valence-corrected chi connectivity index (χ1v) is 8.86. The number of aromatic nitrogens is 1. The van der Waals surface area contributed by atoms with Gasteiger partial charge in [-0.05, 0) is 63.1 Å². The molecule has 3 rings (SSSR count). The maximum absolute atomic E-state index is 5.27. The lowest BCUT2D eigenvalue weighted by Crippen LogP contribution is -2.40. The molecule has 1 aliphatic heterocycles. The zero-order chi connectivity index (χ0) is 16.4. The number of nitrogens with zero attached hydrogens (tertiary/aromatic N) is 2. The third-order valence-electron chi connectivity index (χ3n) is 5.04. The van der Waals surface area contributed by atoms with Crippen LogP contribution in [0.4, 0.5) is 0 Å². The lowest BCUT2D eigenvalue weighted by molar-refractivity contribution is 0.104. The summed E-state index contributed by atoms with van der Waals surface area (Å²) in [7, 11) is 1.70. The lowest BCUT2D eigenvalue weighted by atomic mass is 9.91. The average molecular weight is 375 g/mol. The van der Waals surface area contributed by atoms with Crippen molar-refractivity contribution in [1.29, 1.82) is 0 Å². The quantitative estimate of drug-likeness (QED) is 0.758. The number of hydrogen-bond acceptors (Lipinski definition) is 3. The number of pyridine rings is 1. The van der Waals surface area contributed by atoms with Crippen molar-refractivity contribution in [3.63, 3.8) is 0 Å². The summed E-state index contributed by atoms with van der Waals surface area (Å²) in [6.07, 6.45) is 4.22. The van der Waals surface area contributed by atoms with E-state index in [0.29, 0.717) is 6.04 Å². The molecule has 2 heterocycles. The Hall–Kier alpha value is -1.39. The van der Waals surface area contributed by atoms with E-state index in [2.05, 4.69) is 57.9 Å². The van der Waals surface area contributed by atoms with Crippen LogP contribution in [0.15, 0.2) is 47.1 Å². The van der Waals surface area contributed by atoms with Gasteiger partial charge in [-0.2, -0.15) is 0 Å². The van der Waals surface area contributed by atoms with Crippen molar-refractivity contribution in [2.45, 2.75) is 38.3 Å².